The number of rotatable bonds is 6. The van der Waals surface area contributed by atoms with E-state index in [0.29, 0.717) is 34.4 Å². The Morgan fingerprint density at radius 3 is 2.56 bits per heavy atom. The Balaban J connectivity index is 2.74. The van der Waals surface area contributed by atoms with E-state index >= 15 is 0 Å². The molecule has 1 atom stereocenters. The lowest BCUT2D eigenvalue weighted by Gasteiger charge is -2.31. The highest BCUT2D eigenvalue weighted by Crippen LogP contribution is 2.40. The number of carbonyl (C=O) groups excluding carboxylic acids is 2. The molecular formula is C21H24N2O4. The van der Waals surface area contributed by atoms with Crippen LogP contribution in [0.15, 0.2) is 46.8 Å². The van der Waals surface area contributed by atoms with Crippen molar-refractivity contribution >= 4 is 11.9 Å². The van der Waals surface area contributed by atoms with Crippen LogP contribution in [-0.4, -0.2) is 25.7 Å². The van der Waals surface area contributed by atoms with Crippen molar-refractivity contribution in [1.82, 2.24) is 5.32 Å². The average Bonchev–Trinajstić information content (AvgIpc) is 2.67. The first-order valence-electron chi connectivity index (χ1n) is 8.94. The molecule has 0 bridgehead atoms. The number of nitrogens with zero attached hydrogens (tertiary/aromatic N) is 1. The Morgan fingerprint density at radius 2 is 1.96 bits per heavy atom. The number of nitriles is 1. The fourth-order valence-corrected chi connectivity index (χ4v) is 3.30. The third-order valence-electron chi connectivity index (χ3n) is 4.39. The summed E-state index contributed by atoms with van der Waals surface area (Å²) in [6.07, 6.45) is 1.45. The summed E-state index contributed by atoms with van der Waals surface area (Å²) in [5.41, 5.74) is 3.22. The summed E-state index contributed by atoms with van der Waals surface area (Å²) in [6, 6.07) is 9.01. The molecule has 1 aromatic rings. The molecule has 0 amide bonds. The highest BCUT2D eigenvalue weighted by Gasteiger charge is 2.38. The van der Waals surface area contributed by atoms with E-state index in [-0.39, 0.29) is 6.61 Å². The van der Waals surface area contributed by atoms with Crippen LogP contribution in [0.5, 0.6) is 0 Å². The number of hydrogen-bond donors (Lipinski definition) is 1. The van der Waals surface area contributed by atoms with Gasteiger partial charge in [0, 0.05) is 11.4 Å². The lowest BCUT2D eigenvalue weighted by atomic mass is 9.79. The van der Waals surface area contributed by atoms with Gasteiger partial charge in [-0.3, -0.25) is 0 Å². The lowest BCUT2D eigenvalue weighted by molar-refractivity contribution is -0.139. The van der Waals surface area contributed by atoms with Crippen LogP contribution in [0.1, 0.15) is 50.7 Å². The maximum absolute atomic E-state index is 12.8. The molecule has 0 saturated carbocycles. The van der Waals surface area contributed by atoms with Gasteiger partial charge in [-0.2, -0.15) is 5.26 Å². The molecule has 0 aromatic heterocycles. The molecule has 6 nitrogen and oxygen atoms in total. The zero-order valence-electron chi connectivity index (χ0n) is 16.1. The summed E-state index contributed by atoms with van der Waals surface area (Å²) < 4.78 is 10.3. The molecule has 0 spiro atoms. The highest BCUT2D eigenvalue weighted by molar-refractivity contribution is 5.99. The van der Waals surface area contributed by atoms with Gasteiger partial charge in [-0.15, -0.1) is 0 Å². The van der Waals surface area contributed by atoms with Crippen molar-refractivity contribution in [3.05, 3.63) is 57.9 Å². The Hall–Kier alpha value is -3.07. The third kappa shape index (κ3) is 4.20. The normalized spacial score (nSPS) is 16.5. The van der Waals surface area contributed by atoms with E-state index in [0.717, 1.165) is 12.1 Å². The summed E-state index contributed by atoms with van der Waals surface area (Å²) in [5.74, 6) is -1.66. The highest BCUT2D eigenvalue weighted by atomic mass is 16.5. The number of esters is 2. The van der Waals surface area contributed by atoms with E-state index in [1.807, 2.05) is 6.92 Å². The second kappa shape index (κ2) is 9.04. The van der Waals surface area contributed by atoms with Gasteiger partial charge in [-0.25, -0.2) is 9.59 Å². The Bertz CT molecular complexity index is 846. The second-order valence-corrected chi connectivity index (χ2v) is 6.19. The smallest absolute Gasteiger partial charge is 0.336 e. The second-order valence-electron chi connectivity index (χ2n) is 6.19. The van der Waals surface area contributed by atoms with Crippen LogP contribution in [0, 0.1) is 11.3 Å². The zero-order valence-corrected chi connectivity index (χ0v) is 16.1. The van der Waals surface area contributed by atoms with Gasteiger partial charge in [-0.05, 0) is 38.0 Å². The Kier molecular flexibility index (Phi) is 6.78. The molecular weight excluding hydrogens is 344 g/mol. The summed E-state index contributed by atoms with van der Waals surface area (Å²) in [5, 5.41) is 12.5. The van der Waals surface area contributed by atoms with Gasteiger partial charge in [0.05, 0.1) is 42.4 Å². The van der Waals surface area contributed by atoms with Gasteiger partial charge in [0.25, 0.3) is 0 Å². The van der Waals surface area contributed by atoms with Gasteiger partial charge in [0.15, 0.2) is 0 Å². The van der Waals surface area contributed by atoms with Gasteiger partial charge in [0.1, 0.15) is 0 Å². The van der Waals surface area contributed by atoms with Gasteiger partial charge in [-0.1, -0.05) is 25.5 Å². The van der Waals surface area contributed by atoms with Crippen LogP contribution in [-0.2, 0) is 19.1 Å². The van der Waals surface area contributed by atoms with E-state index in [2.05, 4.69) is 11.4 Å². The Morgan fingerprint density at radius 1 is 1.22 bits per heavy atom. The fourth-order valence-electron chi connectivity index (χ4n) is 3.30. The quantitative estimate of drug-likeness (QED) is 0.775. The van der Waals surface area contributed by atoms with Crippen molar-refractivity contribution in [2.24, 2.45) is 0 Å². The molecule has 0 saturated heterocycles. The van der Waals surface area contributed by atoms with Crippen molar-refractivity contribution in [3.63, 3.8) is 0 Å². The third-order valence-corrected chi connectivity index (χ3v) is 4.39. The van der Waals surface area contributed by atoms with Gasteiger partial charge in [0.2, 0.25) is 0 Å². The van der Waals surface area contributed by atoms with Crippen LogP contribution in [0.25, 0.3) is 0 Å². The molecule has 1 heterocycles. The summed E-state index contributed by atoms with van der Waals surface area (Å²) >= 11 is 0. The predicted molar refractivity (Wildman–Crippen MR) is 100 cm³/mol. The molecule has 27 heavy (non-hydrogen) atoms. The number of hydrogen-bond acceptors (Lipinski definition) is 6. The standard InChI is InChI=1S/C21H24N2O4/c1-5-8-16-19(21(25)27-6-2)18(15-10-7-9-14(11-15)12-22)17(13(3)23-16)20(24)26-4/h7,9-11,18,23H,5-6,8H2,1-4H3. The topological polar surface area (TPSA) is 88.4 Å². The zero-order chi connectivity index (χ0) is 20.0. The molecule has 1 aliphatic rings. The molecule has 0 radical (unpaired) electrons. The van der Waals surface area contributed by atoms with Crippen molar-refractivity contribution in [1.29, 1.82) is 5.26 Å². The number of ether oxygens (including phenoxy) is 2. The maximum Gasteiger partial charge on any atom is 0.336 e. The first kappa shape index (κ1) is 20.2. The van der Waals surface area contributed by atoms with Crippen LogP contribution in [0.3, 0.4) is 0 Å². The summed E-state index contributed by atoms with van der Waals surface area (Å²) in [7, 11) is 1.31. The minimum atomic E-state index is -0.660. The van der Waals surface area contributed by atoms with E-state index in [1.165, 1.54) is 7.11 Å². The predicted octanol–water partition coefficient (Wildman–Crippen LogP) is 3.31. The van der Waals surface area contributed by atoms with E-state index in [4.69, 9.17) is 9.47 Å². The molecule has 1 aromatic carbocycles. The van der Waals surface area contributed by atoms with Gasteiger partial charge < -0.3 is 14.8 Å². The molecule has 0 aliphatic carbocycles. The van der Waals surface area contributed by atoms with Crippen LogP contribution < -0.4 is 5.32 Å². The van der Waals surface area contributed by atoms with E-state index in [9.17, 15) is 14.9 Å². The van der Waals surface area contributed by atoms with Gasteiger partial charge >= 0.3 is 11.9 Å². The number of nitrogens with one attached hydrogen (secondary N) is 1. The SMILES string of the molecule is CCCC1=C(C(=O)OCC)C(c2cccc(C#N)c2)C(C(=O)OC)=C(C)N1. The molecule has 1 aliphatic heterocycles. The fraction of sp³-hybridized carbons (Fsp3) is 0.381. The summed E-state index contributed by atoms with van der Waals surface area (Å²) in [4.78, 5) is 25.4. The number of carbonyl (C=O) groups is 2. The first-order valence-corrected chi connectivity index (χ1v) is 8.94. The van der Waals surface area contributed by atoms with Crippen molar-refractivity contribution < 1.29 is 19.1 Å². The minimum absolute atomic E-state index is 0.225. The largest absolute Gasteiger partial charge is 0.466 e. The van der Waals surface area contributed by atoms with E-state index < -0.39 is 17.9 Å². The van der Waals surface area contributed by atoms with Crippen molar-refractivity contribution in [2.45, 2.75) is 39.5 Å². The lowest BCUT2D eigenvalue weighted by Crippen LogP contribution is -2.33. The number of benzene rings is 1. The minimum Gasteiger partial charge on any atom is -0.466 e. The molecule has 6 heteroatoms. The van der Waals surface area contributed by atoms with Crippen molar-refractivity contribution in [3.8, 4) is 6.07 Å². The van der Waals surface area contributed by atoms with Crippen molar-refractivity contribution in [2.75, 3.05) is 13.7 Å². The monoisotopic (exact) mass is 368 g/mol. The molecule has 1 unspecified atom stereocenters. The maximum atomic E-state index is 12.8. The molecule has 142 valence electrons. The number of methoxy groups -OCH3 is 1. The number of dihydropyridines is 1. The molecule has 1 N–H and O–H groups in total. The van der Waals surface area contributed by atoms with Crippen LogP contribution in [0.2, 0.25) is 0 Å². The summed E-state index contributed by atoms with van der Waals surface area (Å²) in [6.45, 7) is 5.76. The molecule has 2 rings (SSSR count). The Labute approximate surface area is 159 Å². The molecule has 0 fully saturated rings. The first-order chi connectivity index (χ1) is 13.0. The average molecular weight is 368 g/mol. The van der Waals surface area contributed by atoms with E-state index in [1.54, 1.807) is 38.1 Å². The van der Waals surface area contributed by atoms with Crippen LogP contribution >= 0.6 is 0 Å². The number of allylic oxidation sites excluding steroid dienone is 2. The van der Waals surface area contributed by atoms with Crippen LogP contribution in [0.4, 0.5) is 0 Å².